The van der Waals surface area contributed by atoms with E-state index in [1.807, 2.05) is 72.0 Å². The van der Waals surface area contributed by atoms with Gasteiger partial charge in [0, 0.05) is 56.2 Å². The van der Waals surface area contributed by atoms with Gasteiger partial charge in [-0.15, -0.1) is 0 Å². The molecule has 0 aliphatic carbocycles. The van der Waals surface area contributed by atoms with Crippen molar-refractivity contribution in [1.82, 2.24) is 24.4 Å². The van der Waals surface area contributed by atoms with Crippen molar-refractivity contribution in [3.63, 3.8) is 0 Å². The molecular formula is C23H27ClN6O. The quantitative estimate of drug-likeness (QED) is 0.582. The van der Waals surface area contributed by atoms with E-state index in [-0.39, 0.29) is 18.5 Å². The van der Waals surface area contributed by atoms with Crippen LogP contribution in [0.3, 0.4) is 0 Å². The molecule has 0 N–H and O–H groups in total. The second-order valence-electron chi connectivity index (χ2n) is 7.94. The summed E-state index contributed by atoms with van der Waals surface area (Å²) in [4.78, 5) is 30.9. The number of imidazole rings is 1. The van der Waals surface area contributed by atoms with Gasteiger partial charge in [0.15, 0.2) is 0 Å². The van der Waals surface area contributed by atoms with Crippen LogP contribution in [0.4, 0.5) is 5.95 Å². The molecule has 4 rings (SSSR count). The van der Waals surface area contributed by atoms with Crippen LogP contribution in [-0.2, 0) is 17.8 Å². The molecule has 162 valence electrons. The Hall–Kier alpha value is -2.93. The summed E-state index contributed by atoms with van der Waals surface area (Å²) < 4.78 is 1.93. The van der Waals surface area contributed by atoms with Gasteiger partial charge in [0.2, 0.25) is 11.9 Å². The van der Waals surface area contributed by atoms with Gasteiger partial charge in [0.25, 0.3) is 0 Å². The van der Waals surface area contributed by atoms with Crippen molar-refractivity contribution in [2.45, 2.75) is 38.8 Å². The highest BCUT2D eigenvalue weighted by atomic mass is 35.5. The van der Waals surface area contributed by atoms with Gasteiger partial charge in [0.05, 0.1) is 11.7 Å². The number of likely N-dealkylation sites (tertiary alicyclic amines) is 1. The van der Waals surface area contributed by atoms with Crippen molar-refractivity contribution < 1.29 is 4.79 Å². The maximum absolute atomic E-state index is 13.3. The van der Waals surface area contributed by atoms with E-state index in [2.05, 4.69) is 9.97 Å². The number of rotatable bonds is 6. The second kappa shape index (κ2) is 9.06. The third-order valence-electron chi connectivity index (χ3n) is 5.65. The third kappa shape index (κ3) is 4.42. The fourth-order valence-corrected chi connectivity index (χ4v) is 4.31. The Morgan fingerprint density at radius 2 is 2.13 bits per heavy atom. The van der Waals surface area contributed by atoms with E-state index in [0.717, 1.165) is 48.5 Å². The molecule has 0 radical (unpaired) electrons. The first-order valence-electron chi connectivity index (χ1n) is 10.6. The molecule has 1 aromatic carbocycles. The number of benzene rings is 1. The van der Waals surface area contributed by atoms with Crippen LogP contribution >= 0.6 is 11.6 Å². The first-order chi connectivity index (χ1) is 15.0. The third-order valence-corrected chi connectivity index (χ3v) is 5.89. The zero-order valence-electron chi connectivity index (χ0n) is 18.1. The predicted octanol–water partition coefficient (Wildman–Crippen LogP) is 3.99. The average molecular weight is 439 g/mol. The maximum atomic E-state index is 13.3. The number of halogens is 1. The van der Waals surface area contributed by atoms with Crippen molar-refractivity contribution in [1.29, 1.82) is 0 Å². The topological polar surface area (TPSA) is 67.2 Å². The average Bonchev–Trinajstić information content (AvgIpc) is 3.42. The smallest absolute Gasteiger partial charge is 0.243 e. The molecule has 1 aliphatic heterocycles. The Balaban J connectivity index is 1.71. The van der Waals surface area contributed by atoms with E-state index < -0.39 is 0 Å². The minimum absolute atomic E-state index is 0.0808. The number of hydrogen-bond acceptors (Lipinski definition) is 5. The molecular weight excluding hydrogens is 412 g/mol. The summed E-state index contributed by atoms with van der Waals surface area (Å²) in [7, 11) is 3.84. The largest absolute Gasteiger partial charge is 0.347 e. The van der Waals surface area contributed by atoms with Crippen LogP contribution in [0.1, 0.15) is 37.3 Å². The maximum Gasteiger partial charge on any atom is 0.243 e. The lowest BCUT2D eigenvalue weighted by molar-refractivity contribution is -0.132. The molecule has 1 fully saturated rings. The van der Waals surface area contributed by atoms with Gasteiger partial charge in [-0.2, -0.15) is 0 Å². The summed E-state index contributed by atoms with van der Waals surface area (Å²) >= 11 is 6.25. The van der Waals surface area contributed by atoms with E-state index >= 15 is 0 Å². The molecule has 2 aromatic heterocycles. The molecule has 0 bridgehead atoms. The Morgan fingerprint density at radius 1 is 1.29 bits per heavy atom. The van der Waals surface area contributed by atoms with Gasteiger partial charge in [0.1, 0.15) is 12.4 Å². The molecule has 1 saturated heterocycles. The van der Waals surface area contributed by atoms with Crippen LogP contribution < -0.4 is 4.90 Å². The minimum Gasteiger partial charge on any atom is -0.347 e. The minimum atomic E-state index is -0.100. The molecule has 1 amide bonds. The summed E-state index contributed by atoms with van der Waals surface area (Å²) in [5, 5.41) is 0.659. The standard InChI is InChI=1S/C23H27ClN6O/c1-4-20-25-10-12-29(20)15-21(31)30-11-6-9-19(30)22-18(14-26-23(27-22)28(2)3)16-7-5-8-17(24)13-16/h5,7-8,10,12-14,19H,4,6,9,11,15H2,1-3H3. The summed E-state index contributed by atoms with van der Waals surface area (Å²) in [5.74, 6) is 1.63. The first kappa shape index (κ1) is 21.3. The number of aromatic nitrogens is 4. The molecule has 1 unspecified atom stereocenters. The zero-order chi connectivity index (χ0) is 22.0. The normalized spacial score (nSPS) is 16.0. The Labute approximate surface area is 187 Å². The van der Waals surface area contributed by atoms with Crippen molar-refractivity contribution in [2.75, 3.05) is 25.5 Å². The van der Waals surface area contributed by atoms with E-state index in [4.69, 9.17) is 16.6 Å². The highest BCUT2D eigenvalue weighted by Gasteiger charge is 2.33. The molecule has 0 saturated carbocycles. The second-order valence-corrected chi connectivity index (χ2v) is 8.38. The van der Waals surface area contributed by atoms with E-state index in [0.29, 0.717) is 11.0 Å². The Bertz CT molecular complexity index is 1080. The molecule has 8 heteroatoms. The number of nitrogens with zero attached hydrogens (tertiary/aromatic N) is 6. The van der Waals surface area contributed by atoms with Crippen LogP contribution in [0.2, 0.25) is 5.02 Å². The number of anilines is 1. The SMILES string of the molecule is CCc1nccn1CC(=O)N1CCCC1c1nc(N(C)C)ncc1-c1cccc(Cl)c1. The molecule has 3 aromatic rings. The van der Waals surface area contributed by atoms with Crippen molar-refractivity contribution >= 4 is 23.5 Å². The summed E-state index contributed by atoms with van der Waals surface area (Å²) in [6, 6.07) is 7.59. The van der Waals surface area contributed by atoms with Crippen LogP contribution in [0.25, 0.3) is 11.1 Å². The molecule has 0 spiro atoms. The van der Waals surface area contributed by atoms with Crippen molar-refractivity contribution in [2.24, 2.45) is 0 Å². The number of carbonyl (C=O) groups is 1. The molecule has 7 nitrogen and oxygen atoms in total. The number of hydrogen-bond donors (Lipinski definition) is 0. The van der Waals surface area contributed by atoms with Crippen molar-refractivity contribution in [3.05, 3.63) is 59.4 Å². The van der Waals surface area contributed by atoms with Crippen LogP contribution in [0, 0.1) is 0 Å². The highest BCUT2D eigenvalue weighted by Crippen LogP contribution is 2.37. The summed E-state index contributed by atoms with van der Waals surface area (Å²) in [6.45, 7) is 3.05. The van der Waals surface area contributed by atoms with Gasteiger partial charge in [-0.25, -0.2) is 15.0 Å². The van der Waals surface area contributed by atoms with Crippen molar-refractivity contribution in [3.8, 4) is 11.1 Å². The lowest BCUT2D eigenvalue weighted by Crippen LogP contribution is -2.34. The zero-order valence-corrected chi connectivity index (χ0v) is 18.9. The van der Waals surface area contributed by atoms with Gasteiger partial charge in [-0.05, 0) is 30.5 Å². The summed E-state index contributed by atoms with van der Waals surface area (Å²) in [6.07, 6.45) is 8.06. The first-order valence-corrected chi connectivity index (χ1v) is 11.0. The van der Waals surface area contributed by atoms with Gasteiger partial charge < -0.3 is 14.4 Å². The van der Waals surface area contributed by atoms with Gasteiger partial charge in [-0.1, -0.05) is 30.7 Å². The fourth-order valence-electron chi connectivity index (χ4n) is 4.12. The molecule has 3 heterocycles. The van der Waals surface area contributed by atoms with E-state index in [1.54, 1.807) is 6.20 Å². The number of aryl methyl sites for hydroxylation is 1. The molecule has 1 aliphatic rings. The summed E-state index contributed by atoms with van der Waals surface area (Å²) in [5.41, 5.74) is 2.73. The fraction of sp³-hybridized carbons (Fsp3) is 0.391. The van der Waals surface area contributed by atoms with E-state index in [1.165, 1.54) is 0 Å². The van der Waals surface area contributed by atoms with Gasteiger partial charge >= 0.3 is 0 Å². The lowest BCUT2D eigenvalue weighted by Gasteiger charge is -2.27. The number of amides is 1. The molecule has 31 heavy (non-hydrogen) atoms. The lowest BCUT2D eigenvalue weighted by atomic mass is 10.00. The monoisotopic (exact) mass is 438 g/mol. The highest BCUT2D eigenvalue weighted by molar-refractivity contribution is 6.30. The predicted molar refractivity (Wildman–Crippen MR) is 122 cm³/mol. The Morgan fingerprint density at radius 3 is 2.87 bits per heavy atom. The molecule has 1 atom stereocenters. The van der Waals surface area contributed by atoms with Crippen LogP contribution in [0.5, 0.6) is 0 Å². The van der Waals surface area contributed by atoms with Crippen LogP contribution in [-0.4, -0.2) is 51.0 Å². The van der Waals surface area contributed by atoms with E-state index in [9.17, 15) is 4.79 Å². The van der Waals surface area contributed by atoms with Gasteiger partial charge in [-0.3, -0.25) is 4.79 Å². The number of carbonyl (C=O) groups excluding carboxylic acids is 1. The van der Waals surface area contributed by atoms with Crippen LogP contribution in [0.15, 0.2) is 42.9 Å². The Kier molecular flexibility index (Phi) is 6.23.